The number of aromatic nitrogens is 1. The smallest absolute Gasteiger partial charge is 0.276 e. The molecule has 0 aliphatic carbocycles. The van der Waals surface area contributed by atoms with E-state index in [1.54, 1.807) is 43.4 Å². The van der Waals surface area contributed by atoms with Crippen LogP contribution >= 0.6 is 0 Å². The fraction of sp³-hybridized carbons (Fsp3) is 0.500. The number of benzene rings is 1. The lowest BCUT2D eigenvalue weighted by atomic mass is 9.96. The Morgan fingerprint density at radius 2 is 1.86 bits per heavy atom. The van der Waals surface area contributed by atoms with Gasteiger partial charge in [-0.05, 0) is 31.0 Å². The molecule has 4 rings (SSSR count). The van der Waals surface area contributed by atoms with Crippen LogP contribution in [0.5, 0.6) is 11.5 Å². The number of likely N-dealkylation sites (tertiary alicyclic amines) is 1. The lowest BCUT2D eigenvalue weighted by Gasteiger charge is -2.33. The monoisotopic (exact) mass is 388 g/mol. The molecule has 2 aromatic rings. The van der Waals surface area contributed by atoms with Gasteiger partial charge in [-0.25, -0.2) is 0 Å². The standard InChI is InChI=1S/C20H24N2O6/c1-24-14-3-4-17(25-2)15(11-14)18-12-16(21-28-18)19(23)22-7-5-13(6-8-22)20-26-9-10-27-20/h3-4,11-13,20H,5-10H2,1-2H3. The van der Waals surface area contributed by atoms with Crippen LogP contribution in [0.2, 0.25) is 0 Å². The van der Waals surface area contributed by atoms with E-state index in [1.165, 1.54) is 0 Å². The van der Waals surface area contributed by atoms with Crippen LogP contribution < -0.4 is 9.47 Å². The topological polar surface area (TPSA) is 83.3 Å². The lowest BCUT2D eigenvalue weighted by Crippen LogP contribution is -2.41. The Morgan fingerprint density at radius 3 is 2.54 bits per heavy atom. The number of carbonyl (C=O) groups is 1. The van der Waals surface area contributed by atoms with Crippen molar-refractivity contribution in [1.29, 1.82) is 0 Å². The maximum Gasteiger partial charge on any atom is 0.276 e. The predicted molar refractivity (Wildman–Crippen MR) is 99.4 cm³/mol. The van der Waals surface area contributed by atoms with Crippen molar-refractivity contribution in [3.05, 3.63) is 30.0 Å². The molecule has 0 radical (unpaired) electrons. The van der Waals surface area contributed by atoms with E-state index < -0.39 is 0 Å². The fourth-order valence-corrected chi connectivity index (χ4v) is 3.70. The summed E-state index contributed by atoms with van der Waals surface area (Å²) in [4.78, 5) is 14.6. The first kappa shape index (κ1) is 18.8. The number of rotatable bonds is 5. The summed E-state index contributed by atoms with van der Waals surface area (Å²) >= 11 is 0. The van der Waals surface area contributed by atoms with Crippen LogP contribution in [0, 0.1) is 5.92 Å². The molecule has 2 aliphatic heterocycles. The van der Waals surface area contributed by atoms with Crippen molar-refractivity contribution in [1.82, 2.24) is 10.1 Å². The largest absolute Gasteiger partial charge is 0.497 e. The third-order valence-corrected chi connectivity index (χ3v) is 5.26. The molecule has 0 spiro atoms. The molecule has 3 heterocycles. The maximum absolute atomic E-state index is 12.8. The van der Waals surface area contributed by atoms with Gasteiger partial charge in [0.15, 0.2) is 17.7 Å². The summed E-state index contributed by atoms with van der Waals surface area (Å²) in [5.41, 5.74) is 0.967. The number of hydrogen-bond acceptors (Lipinski definition) is 7. The zero-order valence-corrected chi connectivity index (χ0v) is 16.1. The van der Waals surface area contributed by atoms with Crippen molar-refractivity contribution < 1.29 is 28.3 Å². The normalized spacial score (nSPS) is 18.4. The zero-order valence-electron chi connectivity index (χ0n) is 16.1. The summed E-state index contributed by atoms with van der Waals surface area (Å²) in [5, 5.41) is 3.98. The molecule has 2 fully saturated rings. The number of piperidine rings is 1. The molecular formula is C20H24N2O6. The van der Waals surface area contributed by atoms with Gasteiger partial charge >= 0.3 is 0 Å². The van der Waals surface area contributed by atoms with Crippen molar-refractivity contribution in [2.45, 2.75) is 19.1 Å². The van der Waals surface area contributed by atoms with Crippen molar-refractivity contribution in [2.75, 3.05) is 40.5 Å². The van der Waals surface area contributed by atoms with Gasteiger partial charge in [0.1, 0.15) is 11.5 Å². The Morgan fingerprint density at radius 1 is 1.11 bits per heavy atom. The van der Waals surface area contributed by atoms with Crippen LogP contribution in [0.25, 0.3) is 11.3 Å². The van der Waals surface area contributed by atoms with Crippen LogP contribution in [-0.2, 0) is 9.47 Å². The molecule has 0 N–H and O–H groups in total. The minimum Gasteiger partial charge on any atom is -0.497 e. The molecular weight excluding hydrogens is 364 g/mol. The average Bonchev–Trinajstić information content (AvgIpc) is 3.45. The number of amides is 1. The fourth-order valence-electron chi connectivity index (χ4n) is 3.70. The van der Waals surface area contributed by atoms with Gasteiger partial charge in [0.2, 0.25) is 0 Å². The van der Waals surface area contributed by atoms with Crippen LogP contribution in [0.15, 0.2) is 28.8 Å². The Bertz CT molecular complexity index is 822. The summed E-state index contributed by atoms with van der Waals surface area (Å²) < 4.78 is 27.3. The summed E-state index contributed by atoms with van der Waals surface area (Å²) in [6.45, 7) is 2.60. The molecule has 150 valence electrons. The molecule has 8 nitrogen and oxygen atoms in total. The van der Waals surface area contributed by atoms with Crippen molar-refractivity contribution in [2.24, 2.45) is 5.92 Å². The highest BCUT2D eigenvalue weighted by Crippen LogP contribution is 2.34. The van der Waals surface area contributed by atoms with Crippen molar-refractivity contribution in [3.63, 3.8) is 0 Å². The quantitative estimate of drug-likeness (QED) is 0.778. The van der Waals surface area contributed by atoms with E-state index in [4.69, 9.17) is 23.5 Å². The van der Waals surface area contributed by atoms with Crippen LogP contribution in [0.4, 0.5) is 0 Å². The molecule has 1 amide bonds. The molecule has 1 aromatic carbocycles. The van der Waals surface area contributed by atoms with E-state index in [0.29, 0.717) is 55.0 Å². The molecule has 1 aromatic heterocycles. The van der Waals surface area contributed by atoms with E-state index in [2.05, 4.69) is 5.16 Å². The Kier molecular flexibility index (Phi) is 5.50. The van der Waals surface area contributed by atoms with E-state index >= 15 is 0 Å². The van der Waals surface area contributed by atoms with Gasteiger partial charge in [0.25, 0.3) is 5.91 Å². The molecule has 0 unspecified atom stereocenters. The van der Waals surface area contributed by atoms with Gasteiger partial charge in [-0.1, -0.05) is 5.16 Å². The first-order valence-corrected chi connectivity index (χ1v) is 9.41. The summed E-state index contributed by atoms with van der Waals surface area (Å²) in [6.07, 6.45) is 1.58. The number of methoxy groups -OCH3 is 2. The highest BCUT2D eigenvalue weighted by atomic mass is 16.7. The predicted octanol–water partition coefficient (Wildman–Crippen LogP) is 2.58. The van der Waals surface area contributed by atoms with Gasteiger partial charge in [0.05, 0.1) is 33.0 Å². The van der Waals surface area contributed by atoms with Crippen LogP contribution in [0.3, 0.4) is 0 Å². The third kappa shape index (κ3) is 3.70. The van der Waals surface area contributed by atoms with Crippen LogP contribution in [0.1, 0.15) is 23.3 Å². The summed E-state index contributed by atoms with van der Waals surface area (Å²) in [7, 11) is 3.17. The number of ether oxygens (including phenoxy) is 4. The molecule has 2 aliphatic rings. The van der Waals surface area contributed by atoms with E-state index in [1.807, 2.05) is 0 Å². The summed E-state index contributed by atoms with van der Waals surface area (Å²) in [5.74, 6) is 1.94. The van der Waals surface area contributed by atoms with Gasteiger partial charge in [-0.2, -0.15) is 0 Å². The van der Waals surface area contributed by atoms with Gasteiger partial charge < -0.3 is 28.4 Å². The van der Waals surface area contributed by atoms with E-state index in [9.17, 15) is 4.79 Å². The number of hydrogen-bond donors (Lipinski definition) is 0. The Labute approximate surface area is 163 Å². The first-order chi connectivity index (χ1) is 13.7. The van der Waals surface area contributed by atoms with Crippen molar-refractivity contribution >= 4 is 5.91 Å². The SMILES string of the molecule is COc1ccc(OC)c(-c2cc(C(=O)N3CCC(C4OCCO4)CC3)no2)c1. The Hall–Kier alpha value is -2.58. The van der Waals surface area contributed by atoms with Gasteiger partial charge in [-0.3, -0.25) is 4.79 Å². The van der Waals surface area contributed by atoms with Crippen LogP contribution in [-0.4, -0.2) is 62.8 Å². The molecule has 28 heavy (non-hydrogen) atoms. The second-order valence-electron chi connectivity index (χ2n) is 6.88. The van der Waals surface area contributed by atoms with Gasteiger partial charge in [0, 0.05) is 25.1 Å². The number of nitrogens with zero attached hydrogens (tertiary/aromatic N) is 2. The molecule has 0 saturated carbocycles. The molecule has 0 atom stereocenters. The second kappa shape index (κ2) is 8.20. The highest BCUT2D eigenvalue weighted by Gasteiger charge is 2.32. The first-order valence-electron chi connectivity index (χ1n) is 9.41. The Balaban J connectivity index is 1.45. The third-order valence-electron chi connectivity index (χ3n) is 5.26. The lowest BCUT2D eigenvalue weighted by molar-refractivity contribution is -0.0956. The minimum atomic E-state index is -0.136. The molecule has 8 heteroatoms. The van der Waals surface area contributed by atoms with E-state index in [0.717, 1.165) is 12.8 Å². The molecule has 0 bridgehead atoms. The second-order valence-corrected chi connectivity index (χ2v) is 6.88. The highest BCUT2D eigenvalue weighted by molar-refractivity contribution is 5.93. The van der Waals surface area contributed by atoms with E-state index in [-0.39, 0.29) is 17.9 Å². The average molecular weight is 388 g/mol. The maximum atomic E-state index is 12.8. The zero-order chi connectivity index (χ0) is 19.5. The number of carbonyl (C=O) groups excluding carboxylic acids is 1. The molecule has 2 saturated heterocycles. The summed E-state index contributed by atoms with van der Waals surface area (Å²) in [6, 6.07) is 7.03. The minimum absolute atomic E-state index is 0.128. The van der Waals surface area contributed by atoms with Gasteiger partial charge in [-0.15, -0.1) is 0 Å². The van der Waals surface area contributed by atoms with Crippen molar-refractivity contribution in [3.8, 4) is 22.8 Å².